The summed E-state index contributed by atoms with van der Waals surface area (Å²) in [5.74, 6) is 0.749. The van der Waals surface area contributed by atoms with Gasteiger partial charge in [0.05, 0.1) is 34.7 Å². The maximum Gasteiger partial charge on any atom is 0.261 e. The third-order valence-corrected chi connectivity index (χ3v) is 5.02. The Kier molecular flexibility index (Phi) is 4.58. The number of hydrogen-bond acceptors (Lipinski definition) is 6. The van der Waals surface area contributed by atoms with Crippen LogP contribution in [0.3, 0.4) is 0 Å². The second-order valence-corrected chi connectivity index (χ2v) is 6.82. The molecule has 1 N–H and O–H groups in total. The van der Waals surface area contributed by atoms with Crippen molar-refractivity contribution in [2.75, 3.05) is 13.2 Å². The van der Waals surface area contributed by atoms with Crippen molar-refractivity contribution in [1.29, 1.82) is 0 Å². The van der Waals surface area contributed by atoms with Crippen LogP contribution in [0.5, 0.6) is 0 Å². The lowest BCUT2D eigenvalue weighted by Gasteiger charge is -2.17. The first-order valence-corrected chi connectivity index (χ1v) is 8.26. The quantitative estimate of drug-likeness (QED) is 0.848. The number of ether oxygens (including phenoxy) is 1. The summed E-state index contributed by atoms with van der Waals surface area (Å²) in [6.45, 7) is 4.43. The van der Waals surface area contributed by atoms with E-state index in [0.717, 1.165) is 11.5 Å². The van der Waals surface area contributed by atoms with E-state index in [9.17, 15) is 9.59 Å². The van der Waals surface area contributed by atoms with Gasteiger partial charge in [-0.05, 0) is 26.0 Å². The molecule has 1 amide bonds. The van der Waals surface area contributed by atoms with E-state index in [2.05, 4.69) is 10.5 Å². The van der Waals surface area contributed by atoms with Crippen molar-refractivity contribution in [3.63, 3.8) is 0 Å². The van der Waals surface area contributed by atoms with Crippen LogP contribution < -0.4 is 5.32 Å². The summed E-state index contributed by atoms with van der Waals surface area (Å²) in [7, 11) is 0. The summed E-state index contributed by atoms with van der Waals surface area (Å²) in [4.78, 5) is 24.8. The molecule has 0 unspecified atom stereocenters. The number of amides is 1. The Bertz CT molecular complexity index is 721. The molecule has 0 saturated carbocycles. The van der Waals surface area contributed by atoms with Crippen LogP contribution in [0.2, 0.25) is 0 Å². The molecule has 0 aromatic carbocycles. The van der Waals surface area contributed by atoms with Gasteiger partial charge in [-0.15, -0.1) is 11.3 Å². The van der Waals surface area contributed by atoms with Crippen LogP contribution >= 0.6 is 11.3 Å². The average Bonchev–Trinajstić information content (AvgIpc) is 3.21. The molecular weight excluding hydrogens is 316 g/mol. The molecule has 6 nitrogen and oxygen atoms in total. The van der Waals surface area contributed by atoms with E-state index in [-0.39, 0.29) is 23.7 Å². The van der Waals surface area contributed by atoms with Gasteiger partial charge in [-0.2, -0.15) is 0 Å². The SMILES string of the molecule is CC(=O)c1ccc(C(=O)N[C@@H]2COC[C@@H]2Cc2cc(C)no2)s1. The van der Waals surface area contributed by atoms with Gasteiger partial charge in [0.2, 0.25) is 0 Å². The maximum absolute atomic E-state index is 12.3. The predicted molar refractivity (Wildman–Crippen MR) is 84.8 cm³/mol. The van der Waals surface area contributed by atoms with Gasteiger partial charge in [0.1, 0.15) is 5.76 Å². The lowest BCUT2D eigenvalue weighted by atomic mass is 9.98. The van der Waals surface area contributed by atoms with Crippen LogP contribution in [0.4, 0.5) is 0 Å². The number of hydrogen-bond donors (Lipinski definition) is 1. The van der Waals surface area contributed by atoms with Gasteiger partial charge >= 0.3 is 0 Å². The van der Waals surface area contributed by atoms with E-state index in [1.165, 1.54) is 18.3 Å². The Morgan fingerprint density at radius 2 is 2.13 bits per heavy atom. The third kappa shape index (κ3) is 3.68. The summed E-state index contributed by atoms with van der Waals surface area (Å²) in [5, 5.41) is 6.88. The summed E-state index contributed by atoms with van der Waals surface area (Å²) >= 11 is 1.21. The van der Waals surface area contributed by atoms with Gasteiger partial charge < -0.3 is 14.6 Å². The minimum atomic E-state index is -0.170. The van der Waals surface area contributed by atoms with Gasteiger partial charge in [0, 0.05) is 18.4 Å². The fraction of sp³-hybridized carbons (Fsp3) is 0.438. The largest absolute Gasteiger partial charge is 0.379 e. The third-order valence-electron chi connectivity index (χ3n) is 3.83. The minimum absolute atomic E-state index is 0.0307. The molecule has 1 saturated heterocycles. The van der Waals surface area contributed by atoms with Crippen molar-refractivity contribution in [2.45, 2.75) is 26.3 Å². The number of ketones is 1. The van der Waals surface area contributed by atoms with Crippen LogP contribution in [-0.4, -0.2) is 36.1 Å². The number of aryl methyl sites for hydroxylation is 1. The van der Waals surface area contributed by atoms with Gasteiger partial charge in [0.25, 0.3) is 5.91 Å². The molecule has 23 heavy (non-hydrogen) atoms. The smallest absolute Gasteiger partial charge is 0.261 e. The zero-order chi connectivity index (χ0) is 16.4. The number of thiophene rings is 1. The standard InChI is InChI=1S/C16H18N2O4S/c1-9-5-12(22-18-9)6-11-7-21-8-13(11)17-16(20)15-4-3-14(23-15)10(2)19/h3-5,11,13H,6-8H2,1-2H3,(H,17,20)/t11-,13+/m0/s1. The number of aromatic nitrogens is 1. The topological polar surface area (TPSA) is 81.4 Å². The molecule has 0 radical (unpaired) electrons. The van der Waals surface area contributed by atoms with Crippen molar-refractivity contribution in [1.82, 2.24) is 10.5 Å². The van der Waals surface area contributed by atoms with Gasteiger partial charge in [-0.1, -0.05) is 5.16 Å². The van der Waals surface area contributed by atoms with Gasteiger partial charge in [0.15, 0.2) is 5.78 Å². The second-order valence-electron chi connectivity index (χ2n) is 5.74. The Morgan fingerprint density at radius 3 is 2.78 bits per heavy atom. The van der Waals surface area contributed by atoms with Crippen molar-refractivity contribution in [3.05, 3.63) is 39.4 Å². The molecule has 3 rings (SSSR count). The van der Waals surface area contributed by atoms with E-state index in [4.69, 9.17) is 9.26 Å². The Balaban J connectivity index is 1.63. The summed E-state index contributed by atoms with van der Waals surface area (Å²) in [6, 6.07) is 5.19. The zero-order valence-electron chi connectivity index (χ0n) is 13.0. The summed E-state index contributed by atoms with van der Waals surface area (Å²) < 4.78 is 10.7. The maximum atomic E-state index is 12.3. The highest BCUT2D eigenvalue weighted by Gasteiger charge is 2.31. The highest BCUT2D eigenvalue weighted by Crippen LogP contribution is 2.22. The van der Waals surface area contributed by atoms with Crippen molar-refractivity contribution < 1.29 is 18.8 Å². The molecule has 0 aliphatic carbocycles. The number of nitrogens with zero attached hydrogens (tertiary/aromatic N) is 1. The van der Waals surface area contributed by atoms with Crippen LogP contribution in [0.25, 0.3) is 0 Å². The lowest BCUT2D eigenvalue weighted by Crippen LogP contribution is -2.40. The summed E-state index contributed by atoms with van der Waals surface area (Å²) in [6.07, 6.45) is 0.676. The first kappa shape index (κ1) is 15.9. The van der Waals surface area contributed by atoms with Crippen LogP contribution in [0.15, 0.2) is 22.7 Å². The number of rotatable bonds is 5. The molecule has 2 aromatic heterocycles. The molecular formula is C16H18N2O4S. The second kappa shape index (κ2) is 6.64. The van der Waals surface area contributed by atoms with Gasteiger partial charge in [-0.25, -0.2) is 0 Å². The molecule has 1 aliphatic rings. The Labute approximate surface area is 137 Å². The van der Waals surface area contributed by atoms with E-state index in [0.29, 0.717) is 29.4 Å². The number of nitrogens with one attached hydrogen (secondary N) is 1. The molecule has 1 fully saturated rings. The van der Waals surface area contributed by atoms with E-state index >= 15 is 0 Å². The molecule has 2 atom stereocenters. The van der Waals surface area contributed by atoms with Crippen molar-refractivity contribution in [3.8, 4) is 0 Å². The minimum Gasteiger partial charge on any atom is -0.379 e. The molecule has 3 heterocycles. The predicted octanol–water partition coefficient (Wildman–Crippen LogP) is 2.23. The fourth-order valence-corrected chi connectivity index (χ4v) is 3.42. The number of carbonyl (C=O) groups excluding carboxylic acids is 2. The number of Topliss-reactive ketones (excluding diaryl/α,β-unsaturated/α-hetero) is 1. The average molecular weight is 334 g/mol. The van der Waals surface area contributed by atoms with Crippen LogP contribution in [0.1, 0.15) is 37.7 Å². The van der Waals surface area contributed by atoms with E-state index in [1.807, 2.05) is 13.0 Å². The molecule has 1 aliphatic heterocycles. The number of carbonyl (C=O) groups is 2. The first-order valence-electron chi connectivity index (χ1n) is 7.44. The van der Waals surface area contributed by atoms with E-state index in [1.54, 1.807) is 12.1 Å². The molecule has 2 aromatic rings. The first-order chi connectivity index (χ1) is 11.0. The Morgan fingerprint density at radius 1 is 1.35 bits per heavy atom. The lowest BCUT2D eigenvalue weighted by molar-refractivity contribution is 0.0928. The van der Waals surface area contributed by atoms with E-state index < -0.39 is 0 Å². The molecule has 122 valence electrons. The summed E-state index contributed by atoms with van der Waals surface area (Å²) in [5.41, 5.74) is 0.842. The molecule has 0 bridgehead atoms. The highest BCUT2D eigenvalue weighted by molar-refractivity contribution is 7.15. The van der Waals surface area contributed by atoms with Crippen molar-refractivity contribution in [2.24, 2.45) is 5.92 Å². The monoisotopic (exact) mass is 334 g/mol. The van der Waals surface area contributed by atoms with Gasteiger partial charge in [-0.3, -0.25) is 9.59 Å². The van der Waals surface area contributed by atoms with Crippen LogP contribution in [0, 0.1) is 12.8 Å². The fourth-order valence-electron chi connectivity index (χ4n) is 2.62. The van der Waals surface area contributed by atoms with Crippen LogP contribution in [-0.2, 0) is 11.2 Å². The van der Waals surface area contributed by atoms with Crippen molar-refractivity contribution >= 4 is 23.0 Å². The molecule has 7 heteroatoms. The normalized spacial score (nSPS) is 20.6. The highest BCUT2D eigenvalue weighted by atomic mass is 32.1. The zero-order valence-corrected chi connectivity index (χ0v) is 13.8. The molecule has 0 spiro atoms. The Hall–Kier alpha value is -1.99.